The van der Waals surface area contributed by atoms with E-state index in [1.54, 1.807) is 0 Å². The molecule has 1 fully saturated rings. The highest BCUT2D eigenvalue weighted by Gasteiger charge is 2.50. The first-order valence-corrected chi connectivity index (χ1v) is 10.2. The zero-order valence-electron chi connectivity index (χ0n) is 17.1. The molecule has 1 aliphatic rings. The quantitative estimate of drug-likeness (QED) is 0.419. The molecule has 0 aliphatic carbocycles. The maximum atomic E-state index is 14.7. The van der Waals surface area contributed by atoms with Crippen molar-refractivity contribution in [1.29, 1.82) is 0 Å². The molecule has 170 valence electrons. The van der Waals surface area contributed by atoms with E-state index in [-0.39, 0.29) is 42.0 Å². The van der Waals surface area contributed by atoms with Crippen LogP contribution in [0.25, 0.3) is 16.8 Å². The summed E-state index contributed by atoms with van der Waals surface area (Å²) in [4.78, 5) is 19.6. The monoisotopic (exact) mass is 459 g/mol. The molecule has 5 rings (SSSR count). The summed E-state index contributed by atoms with van der Waals surface area (Å²) in [5.74, 6) is -4.90. The minimum atomic E-state index is -3.15. The highest BCUT2D eigenvalue weighted by atomic mass is 19.3. The molecule has 1 atom stereocenters. The summed E-state index contributed by atoms with van der Waals surface area (Å²) >= 11 is 0. The van der Waals surface area contributed by atoms with E-state index in [1.165, 1.54) is 36.7 Å². The summed E-state index contributed by atoms with van der Waals surface area (Å²) in [7, 11) is 0. The number of nitrogens with zero attached hydrogens (tertiary/aromatic N) is 5. The van der Waals surface area contributed by atoms with E-state index in [0.29, 0.717) is 5.58 Å². The Morgan fingerprint density at radius 2 is 1.82 bits per heavy atom. The lowest BCUT2D eigenvalue weighted by Crippen LogP contribution is -2.43. The lowest BCUT2D eigenvalue weighted by Gasteiger charge is -2.28. The number of halogens is 4. The number of likely N-dealkylation sites (tertiary alicyclic amines) is 1. The van der Waals surface area contributed by atoms with Crippen LogP contribution in [-0.4, -0.2) is 49.3 Å². The van der Waals surface area contributed by atoms with E-state index in [1.807, 2.05) is 0 Å². The summed E-state index contributed by atoms with van der Waals surface area (Å²) in [5, 5.41) is 7.91. The zero-order chi connectivity index (χ0) is 23.2. The van der Waals surface area contributed by atoms with E-state index < -0.39 is 35.9 Å². The molecule has 7 nitrogen and oxygen atoms in total. The van der Waals surface area contributed by atoms with E-state index >= 15 is 0 Å². The van der Waals surface area contributed by atoms with Crippen molar-refractivity contribution in [3.8, 4) is 5.69 Å². The van der Waals surface area contributed by atoms with Crippen LogP contribution in [0.1, 0.15) is 29.1 Å². The fourth-order valence-electron chi connectivity index (χ4n) is 4.09. The third-order valence-electron chi connectivity index (χ3n) is 5.66. The third kappa shape index (κ3) is 3.94. The number of aryl methyl sites for hydroxylation is 1. The molecule has 0 unspecified atom stereocenters. The molecule has 1 saturated heterocycles. The minimum absolute atomic E-state index is 0.0110. The Balaban J connectivity index is 1.42. The highest BCUT2D eigenvalue weighted by Crippen LogP contribution is 2.38. The number of aromatic nitrogens is 4. The van der Waals surface area contributed by atoms with Crippen LogP contribution in [0.4, 0.5) is 17.6 Å². The number of carbonyl (C=O) groups is 1. The second-order valence-corrected chi connectivity index (χ2v) is 7.76. The SMILES string of the molecule is O=C(c1cc(F)ccc1-n1nccn1)N1CCC(F)(F)[C@H]1CCc1nc2cc(F)ccc2o1. The summed E-state index contributed by atoms with van der Waals surface area (Å²) < 4.78 is 62.4. The van der Waals surface area contributed by atoms with Crippen LogP contribution in [0.3, 0.4) is 0 Å². The Kier molecular flexibility index (Phi) is 5.10. The molecule has 2 aromatic carbocycles. The molecule has 0 bridgehead atoms. The largest absolute Gasteiger partial charge is 0.441 e. The number of alkyl halides is 2. The number of hydrogen-bond donors (Lipinski definition) is 0. The maximum Gasteiger partial charge on any atom is 0.269 e. The van der Waals surface area contributed by atoms with Gasteiger partial charge in [0.15, 0.2) is 11.5 Å². The van der Waals surface area contributed by atoms with Gasteiger partial charge in [0.1, 0.15) is 17.2 Å². The Morgan fingerprint density at radius 3 is 2.61 bits per heavy atom. The molecule has 0 N–H and O–H groups in total. The first-order valence-electron chi connectivity index (χ1n) is 10.2. The molecular formula is C22H17F4N5O2. The number of rotatable bonds is 5. The molecule has 11 heteroatoms. The van der Waals surface area contributed by atoms with E-state index in [4.69, 9.17) is 4.42 Å². The minimum Gasteiger partial charge on any atom is -0.441 e. The molecule has 1 amide bonds. The molecular weight excluding hydrogens is 442 g/mol. The molecule has 0 spiro atoms. The predicted octanol–water partition coefficient (Wildman–Crippen LogP) is 4.17. The van der Waals surface area contributed by atoms with Crippen LogP contribution >= 0.6 is 0 Å². The van der Waals surface area contributed by atoms with E-state index in [2.05, 4.69) is 15.2 Å². The summed E-state index contributed by atoms with van der Waals surface area (Å²) in [6, 6.07) is 5.83. The topological polar surface area (TPSA) is 77.1 Å². The summed E-state index contributed by atoms with van der Waals surface area (Å²) in [6.45, 7) is -0.197. The number of hydrogen-bond acceptors (Lipinski definition) is 5. The normalized spacial score (nSPS) is 17.7. The average molecular weight is 459 g/mol. The van der Waals surface area contributed by atoms with Crippen molar-refractivity contribution in [2.75, 3.05) is 6.54 Å². The smallest absolute Gasteiger partial charge is 0.269 e. The van der Waals surface area contributed by atoms with Crippen LogP contribution in [-0.2, 0) is 6.42 Å². The standard InChI is InChI=1S/C22H17F4N5O2/c23-13-1-3-17(31-27-8-9-28-31)15(11-13)21(32)30-10-7-22(25,26)19(30)5-6-20-29-16-12-14(24)2-4-18(16)33-20/h1-4,8-9,11-12,19H,5-7,10H2/t19-/m1/s1. The number of fused-ring (bicyclic) bond motifs is 1. The van der Waals surface area contributed by atoms with Crippen LogP contribution in [0.15, 0.2) is 53.2 Å². The Bertz CT molecular complexity index is 1320. The van der Waals surface area contributed by atoms with Gasteiger partial charge in [0.05, 0.1) is 29.7 Å². The van der Waals surface area contributed by atoms with Gasteiger partial charge in [-0.05, 0) is 36.8 Å². The lowest BCUT2D eigenvalue weighted by molar-refractivity contribution is -0.0323. The second kappa shape index (κ2) is 7.98. The van der Waals surface area contributed by atoms with Gasteiger partial charge in [-0.3, -0.25) is 4.79 Å². The van der Waals surface area contributed by atoms with Crippen LogP contribution < -0.4 is 0 Å². The molecule has 1 aliphatic heterocycles. The molecule has 2 aromatic heterocycles. The molecule has 4 aromatic rings. The van der Waals surface area contributed by atoms with Gasteiger partial charge in [0, 0.05) is 25.5 Å². The van der Waals surface area contributed by atoms with Crippen molar-refractivity contribution in [2.24, 2.45) is 0 Å². The van der Waals surface area contributed by atoms with Gasteiger partial charge in [-0.25, -0.2) is 22.5 Å². The van der Waals surface area contributed by atoms with Gasteiger partial charge in [0.2, 0.25) is 0 Å². The van der Waals surface area contributed by atoms with Crippen molar-refractivity contribution >= 4 is 17.0 Å². The van der Waals surface area contributed by atoms with Crippen molar-refractivity contribution in [1.82, 2.24) is 24.9 Å². The lowest BCUT2D eigenvalue weighted by atomic mass is 10.0. The Morgan fingerprint density at radius 1 is 1.09 bits per heavy atom. The number of benzene rings is 2. The van der Waals surface area contributed by atoms with E-state index in [9.17, 15) is 22.4 Å². The van der Waals surface area contributed by atoms with Gasteiger partial charge in [-0.1, -0.05) is 0 Å². The Hall–Kier alpha value is -3.76. The van der Waals surface area contributed by atoms with Crippen LogP contribution in [0, 0.1) is 11.6 Å². The first-order chi connectivity index (χ1) is 15.8. The Labute approximate surface area is 184 Å². The molecule has 0 saturated carbocycles. The van der Waals surface area contributed by atoms with Crippen molar-refractivity contribution in [2.45, 2.75) is 31.2 Å². The zero-order valence-corrected chi connectivity index (χ0v) is 17.1. The van der Waals surface area contributed by atoms with E-state index in [0.717, 1.165) is 21.8 Å². The van der Waals surface area contributed by atoms with Gasteiger partial charge in [-0.2, -0.15) is 15.0 Å². The van der Waals surface area contributed by atoms with Crippen LogP contribution in [0.2, 0.25) is 0 Å². The van der Waals surface area contributed by atoms with Gasteiger partial charge < -0.3 is 9.32 Å². The summed E-state index contributed by atoms with van der Waals surface area (Å²) in [5.41, 5.74) is 0.688. The maximum absolute atomic E-state index is 14.7. The van der Waals surface area contributed by atoms with Gasteiger partial charge >= 0.3 is 0 Å². The number of oxazole rings is 1. The fraction of sp³-hybridized carbons (Fsp3) is 0.273. The summed E-state index contributed by atoms with van der Waals surface area (Å²) in [6.07, 6.45) is 2.12. The predicted molar refractivity (Wildman–Crippen MR) is 108 cm³/mol. The molecule has 33 heavy (non-hydrogen) atoms. The fourth-order valence-corrected chi connectivity index (χ4v) is 4.09. The number of amides is 1. The average Bonchev–Trinajstić information content (AvgIpc) is 3.50. The molecule has 0 radical (unpaired) electrons. The second-order valence-electron chi connectivity index (χ2n) is 7.76. The van der Waals surface area contributed by atoms with Crippen LogP contribution in [0.5, 0.6) is 0 Å². The first kappa shape index (κ1) is 21.1. The van der Waals surface area contributed by atoms with Gasteiger partial charge in [-0.15, -0.1) is 0 Å². The van der Waals surface area contributed by atoms with Crippen molar-refractivity contribution < 1.29 is 26.8 Å². The highest BCUT2D eigenvalue weighted by molar-refractivity contribution is 5.98. The van der Waals surface area contributed by atoms with Crippen molar-refractivity contribution in [3.63, 3.8) is 0 Å². The number of carbonyl (C=O) groups excluding carboxylic acids is 1. The third-order valence-corrected chi connectivity index (χ3v) is 5.66. The van der Waals surface area contributed by atoms with Crippen molar-refractivity contribution in [3.05, 3.63) is 71.9 Å². The van der Waals surface area contributed by atoms with Gasteiger partial charge in [0.25, 0.3) is 11.8 Å². The molecule has 3 heterocycles.